The number of rotatable bonds is 5. The molecule has 0 radical (unpaired) electrons. The number of carbonyl (C=O) groups excluding carboxylic acids is 1. The van der Waals surface area contributed by atoms with E-state index < -0.39 is 0 Å². The van der Waals surface area contributed by atoms with Crippen molar-refractivity contribution in [3.05, 3.63) is 47.0 Å². The molecule has 1 fully saturated rings. The van der Waals surface area contributed by atoms with Crippen LogP contribution in [0.3, 0.4) is 0 Å². The zero-order chi connectivity index (χ0) is 18.6. The fourth-order valence-electron chi connectivity index (χ4n) is 3.95. The number of nitrogens with zero attached hydrogens (tertiary/aromatic N) is 4. The van der Waals surface area contributed by atoms with E-state index in [1.807, 2.05) is 4.90 Å². The molecule has 0 bridgehead atoms. The maximum Gasteiger partial charge on any atom is 0.232 e. The summed E-state index contributed by atoms with van der Waals surface area (Å²) in [6.07, 6.45) is 1.97. The molecule has 1 aromatic heterocycles. The number of amides is 1. The molecule has 4 rings (SSSR count). The van der Waals surface area contributed by atoms with Crippen molar-refractivity contribution < 1.29 is 4.79 Å². The average Bonchev–Trinajstić information content (AvgIpc) is 3.12. The highest BCUT2D eigenvalue weighted by atomic mass is 35.5. The molecule has 3 heterocycles. The molecule has 28 heavy (non-hydrogen) atoms. The smallest absolute Gasteiger partial charge is 0.232 e. The summed E-state index contributed by atoms with van der Waals surface area (Å²) in [6, 6.07) is 8.51. The van der Waals surface area contributed by atoms with Gasteiger partial charge in [0, 0.05) is 37.8 Å². The number of hydrogen-bond donors (Lipinski definition) is 1. The van der Waals surface area contributed by atoms with E-state index in [1.165, 1.54) is 11.1 Å². The Morgan fingerprint density at radius 1 is 1.25 bits per heavy atom. The minimum absolute atomic E-state index is 0. The van der Waals surface area contributed by atoms with E-state index in [2.05, 4.69) is 51.3 Å². The first-order valence-corrected chi connectivity index (χ1v) is 10.9. The Bertz CT molecular complexity index is 804. The van der Waals surface area contributed by atoms with Crippen molar-refractivity contribution in [3.8, 4) is 0 Å². The number of hydrogen-bond acceptors (Lipinski definition) is 5. The highest BCUT2D eigenvalue weighted by Gasteiger charge is 2.28. The Morgan fingerprint density at radius 2 is 2.07 bits per heavy atom. The SMILES string of the molecule is Cc1cccc(CSCC(=O)N2CCC(c3nnc4n3CCNC4)CC2)c1.Cl. The summed E-state index contributed by atoms with van der Waals surface area (Å²) in [7, 11) is 0. The molecule has 8 heteroatoms. The number of halogens is 1. The number of fused-ring (bicyclic) bond motifs is 1. The molecule has 152 valence electrons. The van der Waals surface area contributed by atoms with E-state index in [1.54, 1.807) is 11.8 Å². The average molecular weight is 422 g/mol. The molecule has 0 spiro atoms. The summed E-state index contributed by atoms with van der Waals surface area (Å²) in [5.74, 6) is 4.30. The van der Waals surface area contributed by atoms with Crippen LogP contribution in [-0.2, 0) is 23.6 Å². The second-order valence-corrected chi connectivity index (χ2v) is 8.43. The Kier molecular flexibility index (Phi) is 7.37. The van der Waals surface area contributed by atoms with E-state index >= 15 is 0 Å². The number of nitrogens with one attached hydrogen (secondary N) is 1. The molecule has 0 atom stereocenters. The number of aryl methyl sites for hydroxylation is 1. The summed E-state index contributed by atoms with van der Waals surface area (Å²) in [5.41, 5.74) is 2.56. The lowest BCUT2D eigenvalue weighted by atomic mass is 9.95. The third-order valence-electron chi connectivity index (χ3n) is 5.44. The van der Waals surface area contributed by atoms with Gasteiger partial charge >= 0.3 is 0 Å². The Hall–Kier alpha value is -1.57. The lowest BCUT2D eigenvalue weighted by Crippen LogP contribution is -2.39. The summed E-state index contributed by atoms with van der Waals surface area (Å²) in [4.78, 5) is 14.6. The highest BCUT2D eigenvalue weighted by molar-refractivity contribution is 7.99. The number of likely N-dealkylation sites (tertiary alicyclic amines) is 1. The minimum atomic E-state index is 0. The van der Waals surface area contributed by atoms with Crippen molar-refractivity contribution >= 4 is 30.1 Å². The summed E-state index contributed by atoms with van der Waals surface area (Å²) in [5, 5.41) is 12.1. The number of piperidine rings is 1. The fraction of sp³-hybridized carbons (Fsp3) is 0.550. The van der Waals surface area contributed by atoms with Crippen LogP contribution in [0, 0.1) is 6.92 Å². The van der Waals surface area contributed by atoms with Gasteiger partial charge in [-0.25, -0.2) is 0 Å². The van der Waals surface area contributed by atoms with Gasteiger partial charge in [-0.15, -0.1) is 34.4 Å². The van der Waals surface area contributed by atoms with Crippen LogP contribution >= 0.6 is 24.2 Å². The Balaban J connectivity index is 0.00000225. The van der Waals surface area contributed by atoms with E-state index in [9.17, 15) is 4.79 Å². The standard InChI is InChI=1S/C20H27N5OS.ClH/c1-15-3-2-4-16(11-15)13-27-14-19(26)24-8-5-17(6-9-24)20-23-22-18-12-21-7-10-25(18)20;/h2-4,11,17,21H,5-10,12-14H2,1H3;1H. The number of benzene rings is 1. The van der Waals surface area contributed by atoms with Crippen LogP contribution in [0.1, 0.15) is 41.5 Å². The van der Waals surface area contributed by atoms with Gasteiger partial charge in [-0.1, -0.05) is 29.8 Å². The third kappa shape index (κ3) is 4.88. The van der Waals surface area contributed by atoms with E-state index in [-0.39, 0.29) is 18.3 Å². The molecule has 2 aliphatic heterocycles. The fourth-order valence-corrected chi connectivity index (χ4v) is 4.83. The molecular weight excluding hydrogens is 394 g/mol. The third-order valence-corrected chi connectivity index (χ3v) is 6.43. The van der Waals surface area contributed by atoms with Gasteiger partial charge in [-0.3, -0.25) is 4.79 Å². The molecule has 0 aliphatic carbocycles. The molecule has 2 aliphatic rings. The van der Waals surface area contributed by atoms with Crippen LogP contribution in [0.2, 0.25) is 0 Å². The normalized spacial score (nSPS) is 17.1. The van der Waals surface area contributed by atoms with Gasteiger partial charge < -0.3 is 14.8 Å². The van der Waals surface area contributed by atoms with E-state index in [0.717, 1.165) is 63.0 Å². The van der Waals surface area contributed by atoms with Crippen LogP contribution in [0.15, 0.2) is 24.3 Å². The van der Waals surface area contributed by atoms with Crippen LogP contribution in [0.25, 0.3) is 0 Å². The number of aromatic nitrogens is 3. The van der Waals surface area contributed by atoms with Crippen molar-refractivity contribution in [2.45, 2.75) is 44.5 Å². The second kappa shape index (κ2) is 9.76. The van der Waals surface area contributed by atoms with Crippen LogP contribution < -0.4 is 5.32 Å². The molecule has 0 unspecified atom stereocenters. The van der Waals surface area contributed by atoms with Gasteiger partial charge in [0.1, 0.15) is 11.6 Å². The zero-order valence-electron chi connectivity index (χ0n) is 16.3. The van der Waals surface area contributed by atoms with Crippen molar-refractivity contribution in [1.29, 1.82) is 0 Å². The second-order valence-electron chi connectivity index (χ2n) is 7.44. The van der Waals surface area contributed by atoms with Crippen LogP contribution in [-0.4, -0.2) is 51.0 Å². The summed E-state index contributed by atoms with van der Waals surface area (Å²) in [6.45, 7) is 6.50. The molecule has 0 saturated carbocycles. The maximum atomic E-state index is 12.5. The van der Waals surface area contributed by atoms with Crippen molar-refractivity contribution in [2.24, 2.45) is 0 Å². The van der Waals surface area contributed by atoms with Crippen molar-refractivity contribution in [1.82, 2.24) is 25.0 Å². The van der Waals surface area contributed by atoms with Crippen LogP contribution in [0.4, 0.5) is 0 Å². The molecule has 1 amide bonds. The maximum absolute atomic E-state index is 12.5. The Morgan fingerprint density at radius 3 is 2.86 bits per heavy atom. The van der Waals surface area contributed by atoms with Crippen LogP contribution in [0.5, 0.6) is 0 Å². The molecule has 1 aromatic carbocycles. The highest BCUT2D eigenvalue weighted by Crippen LogP contribution is 2.28. The number of carbonyl (C=O) groups is 1. The van der Waals surface area contributed by atoms with Gasteiger partial charge in [0.15, 0.2) is 0 Å². The summed E-state index contributed by atoms with van der Waals surface area (Å²) < 4.78 is 2.27. The first-order valence-electron chi connectivity index (χ1n) is 9.74. The Labute approximate surface area is 176 Å². The molecule has 2 aromatic rings. The van der Waals surface area contributed by atoms with Crippen molar-refractivity contribution in [3.63, 3.8) is 0 Å². The molecule has 1 N–H and O–H groups in total. The van der Waals surface area contributed by atoms with Gasteiger partial charge in [0.25, 0.3) is 0 Å². The van der Waals surface area contributed by atoms with Gasteiger partial charge in [-0.05, 0) is 25.3 Å². The quantitative estimate of drug-likeness (QED) is 0.804. The largest absolute Gasteiger partial charge is 0.342 e. The molecular formula is C20H28ClN5OS. The topological polar surface area (TPSA) is 63.1 Å². The lowest BCUT2D eigenvalue weighted by molar-refractivity contribution is -0.129. The van der Waals surface area contributed by atoms with Crippen molar-refractivity contribution in [2.75, 3.05) is 25.4 Å². The minimum Gasteiger partial charge on any atom is -0.342 e. The predicted molar refractivity (Wildman–Crippen MR) is 115 cm³/mol. The first-order chi connectivity index (χ1) is 13.2. The van der Waals surface area contributed by atoms with E-state index in [4.69, 9.17) is 0 Å². The summed E-state index contributed by atoms with van der Waals surface area (Å²) >= 11 is 1.71. The van der Waals surface area contributed by atoms with Gasteiger partial charge in [0.05, 0.1) is 12.3 Å². The zero-order valence-corrected chi connectivity index (χ0v) is 17.9. The number of thioether (sulfide) groups is 1. The predicted octanol–water partition coefficient (Wildman–Crippen LogP) is 2.75. The van der Waals surface area contributed by atoms with Gasteiger partial charge in [-0.2, -0.15) is 0 Å². The lowest BCUT2D eigenvalue weighted by Gasteiger charge is -2.32. The molecule has 6 nitrogen and oxygen atoms in total. The monoisotopic (exact) mass is 421 g/mol. The molecule has 1 saturated heterocycles. The first kappa shape index (κ1) is 21.1. The van der Waals surface area contributed by atoms with Gasteiger partial charge in [0.2, 0.25) is 5.91 Å². The van der Waals surface area contributed by atoms with E-state index in [0.29, 0.717) is 11.7 Å².